The van der Waals surface area contributed by atoms with E-state index in [0.29, 0.717) is 52.1 Å². The molecule has 0 radical (unpaired) electrons. The third-order valence-corrected chi connectivity index (χ3v) is 8.96. The van der Waals surface area contributed by atoms with E-state index in [9.17, 15) is 19.5 Å². The molecular weight excluding hydrogens is 488 g/mol. The third-order valence-electron chi connectivity index (χ3n) is 8.96. The second-order valence-electron chi connectivity index (χ2n) is 11.2. The van der Waals surface area contributed by atoms with Crippen LogP contribution >= 0.6 is 0 Å². The fourth-order valence-corrected chi connectivity index (χ4v) is 7.02. The van der Waals surface area contributed by atoms with Crippen LogP contribution in [-0.4, -0.2) is 102 Å². The Morgan fingerprint density at radius 3 is 2.55 bits per heavy atom. The van der Waals surface area contributed by atoms with Crippen molar-refractivity contribution in [3.8, 4) is 0 Å². The lowest BCUT2D eigenvalue weighted by molar-refractivity contribution is -0.149. The highest BCUT2D eigenvalue weighted by molar-refractivity contribution is 5.99. The van der Waals surface area contributed by atoms with Crippen molar-refractivity contribution in [3.05, 3.63) is 35.9 Å². The lowest BCUT2D eigenvalue weighted by Gasteiger charge is -2.37. The number of aliphatic hydroxyl groups is 1. The van der Waals surface area contributed by atoms with Crippen LogP contribution in [0.15, 0.2) is 30.3 Å². The van der Waals surface area contributed by atoms with Crippen molar-refractivity contribution in [2.45, 2.75) is 62.9 Å². The van der Waals surface area contributed by atoms with E-state index in [1.54, 1.807) is 0 Å². The molecule has 0 saturated carbocycles. The van der Waals surface area contributed by atoms with Crippen molar-refractivity contribution < 1.29 is 29.0 Å². The summed E-state index contributed by atoms with van der Waals surface area (Å²) in [6, 6.07) is 8.21. The quantitative estimate of drug-likeness (QED) is 0.399. The molecule has 2 unspecified atom stereocenters. The molecule has 4 aliphatic rings. The molecule has 1 aromatic rings. The number of hydrogen-bond acceptors (Lipinski definition) is 7. The predicted molar refractivity (Wildman–Crippen MR) is 139 cm³/mol. The monoisotopic (exact) mass is 528 g/mol. The number of carbonyl (C=O) groups excluding carboxylic acids is 3. The van der Waals surface area contributed by atoms with Gasteiger partial charge in [0.2, 0.25) is 17.7 Å². The van der Waals surface area contributed by atoms with Crippen LogP contribution < -0.4 is 10.6 Å². The van der Waals surface area contributed by atoms with Crippen LogP contribution in [0.4, 0.5) is 0 Å². The van der Waals surface area contributed by atoms with Gasteiger partial charge in [-0.2, -0.15) is 0 Å². The minimum atomic E-state index is -1.09. The second kappa shape index (κ2) is 10.9. The van der Waals surface area contributed by atoms with Crippen LogP contribution in [0.3, 0.4) is 0 Å². The zero-order chi connectivity index (χ0) is 26.9. The topological polar surface area (TPSA) is 120 Å². The Kier molecular flexibility index (Phi) is 7.77. The molecule has 1 spiro atoms. The molecule has 38 heavy (non-hydrogen) atoms. The van der Waals surface area contributed by atoms with E-state index < -0.39 is 35.1 Å². The van der Waals surface area contributed by atoms with Gasteiger partial charge in [-0.05, 0) is 31.7 Å². The Labute approximate surface area is 224 Å². The molecule has 3 N–H and O–H groups in total. The van der Waals surface area contributed by atoms with Crippen LogP contribution in [0, 0.1) is 11.8 Å². The number of hydrogen-bond donors (Lipinski definition) is 3. The van der Waals surface area contributed by atoms with E-state index in [1.807, 2.05) is 44.2 Å². The molecule has 4 heterocycles. The van der Waals surface area contributed by atoms with E-state index in [1.165, 1.54) is 4.90 Å². The Balaban J connectivity index is 1.38. The number of aliphatic hydroxyl groups excluding tert-OH is 1. The highest BCUT2D eigenvalue weighted by Crippen LogP contribution is 2.63. The van der Waals surface area contributed by atoms with Crippen LogP contribution in [0.25, 0.3) is 0 Å². The Hall–Kier alpha value is -2.53. The molecule has 208 valence electrons. The molecule has 10 heteroatoms. The summed E-state index contributed by atoms with van der Waals surface area (Å²) in [6.07, 6.45) is 1.59. The maximum atomic E-state index is 14.1. The molecule has 10 nitrogen and oxygen atoms in total. The molecular formula is C28H40N4O6. The maximum absolute atomic E-state index is 14.1. The van der Waals surface area contributed by atoms with Crippen LogP contribution in [0.5, 0.6) is 0 Å². The van der Waals surface area contributed by atoms with Gasteiger partial charge in [0, 0.05) is 32.7 Å². The minimum Gasteiger partial charge on any atom is -0.394 e. The van der Waals surface area contributed by atoms with Gasteiger partial charge in [0.15, 0.2) is 0 Å². The number of amides is 3. The van der Waals surface area contributed by atoms with Crippen LogP contribution in [-0.2, 0) is 30.4 Å². The second-order valence-corrected chi connectivity index (χ2v) is 11.2. The van der Waals surface area contributed by atoms with Gasteiger partial charge in [0.25, 0.3) is 0 Å². The summed E-state index contributed by atoms with van der Waals surface area (Å²) in [6.45, 7) is 7.99. The van der Waals surface area contributed by atoms with Gasteiger partial charge in [-0.15, -0.1) is 0 Å². The standard InChI is InChI=1S/C28H40N4O6/c1-3-20(18-33)32-23(25(35)29-11-12-31-13-15-37-16-14-31)28-10-9-27(2,38-28)21(22(28)26(32)36)24(34)30-17-19-7-5-4-6-8-19/h4-8,20-23,33H,3,9-18H2,1-2H3,(H,29,35)(H,30,34)/t20-,21+,22-,23?,27-,28?/m0/s1. The number of fused-ring (bicyclic) bond motifs is 1. The zero-order valence-corrected chi connectivity index (χ0v) is 22.4. The molecule has 4 aliphatic heterocycles. The average molecular weight is 529 g/mol. The molecule has 1 aromatic carbocycles. The Morgan fingerprint density at radius 2 is 1.87 bits per heavy atom. The summed E-state index contributed by atoms with van der Waals surface area (Å²) >= 11 is 0. The first-order valence-corrected chi connectivity index (χ1v) is 13.9. The number of rotatable bonds is 10. The highest BCUT2D eigenvalue weighted by atomic mass is 16.5. The molecule has 4 fully saturated rings. The average Bonchev–Trinajstić information content (AvgIpc) is 3.50. The summed E-state index contributed by atoms with van der Waals surface area (Å²) < 4.78 is 12.0. The lowest BCUT2D eigenvalue weighted by Crippen LogP contribution is -2.58. The largest absolute Gasteiger partial charge is 0.394 e. The van der Waals surface area contributed by atoms with Gasteiger partial charge < -0.3 is 30.1 Å². The van der Waals surface area contributed by atoms with E-state index in [4.69, 9.17) is 9.47 Å². The Morgan fingerprint density at radius 1 is 1.13 bits per heavy atom. The molecule has 6 atom stereocenters. The third kappa shape index (κ3) is 4.61. The van der Waals surface area contributed by atoms with Gasteiger partial charge in [-0.1, -0.05) is 37.3 Å². The number of ether oxygens (including phenoxy) is 2. The summed E-state index contributed by atoms with van der Waals surface area (Å²) in [7, 11) is 0. The van der Waals surface area contributed by atoms with Crippen LogP contribution in [0.1, 0.15) is 38.7 Å². The van der Waals surface area contributed by atoms with Crippen molar-refractivity contribution >= 4 is 17.7 Å². The smallest absolute Gasteiger partial charge is 0.245 e. The fraction of sp³-hybridized carbons (Fsp3) is 0.679. The van der Waals surface area contributed by atoms with Crippen molar-refractivity contribution in [2.75, 3.05) is 46.0 Å². The maximum Gasteiger partial charge on any atom is 0.245 e. The first kappa shape index (κ1) is 27.1. The summed E-state index contributed by atoms with van der Waals surface area (Å²) in [5, 5.41) is 16.2. The van der Waals surface area contributed by atoms with E-state index in [0.717, 1.165) is 18.7 Å². The van der Waals surface area contributed by atoms with Crippen molar-refractivity contribution in [3.63, 3.8) is 0 Å². The van der Waals surface area contributed by atoms with Crippen molar-refractivity contribution in [1.29, 1.82) is 0 Å². The number of nitrogens with one attached hydrogen (secondary N) is 2. The first-order chi connectivity index (χ1) is 18.3. The Bertz CT molecular complexity index is 1030. The van der Waals surface area contributed by atoms with Crippen LogP contribution in [0.2, 0.25) is 0 Å². The summed E-state index contributed by atoms with van der Waals surface area (Å²) in [5.41, 5.74) is -0.958. The number of nitrogens with zero attached hydrogens (tertiary/aromatic N) is 2. The van der Waals surface area contributed by atoms with E-state index in [-0.39, 0.29) is 24.3 Å². The highest BCUT2D eigenvalue weighted by Gasteiger charge is 2.78. The molecule has 3 amide bonds. The van der Waals surface area contributed by atoms with Gasteiger partial charge in [-0.25, -0.2) is 0 Å². The molecule has 4 saturated heterocycles. The van der Waals surface area contributed by atoms with Gasteiger partial charge in [-0.3, -0.25) is 19.3 Å². The number of morpholine rings is 1. The number of benzene rings is 1. The van der Waals surface area contributed by atoms with E-state index in [2.05, 4.69) is 15.5 Å². The lowest BCUT2D eigenvalue weighted by atomic mass is 9.66. The summed E-state index contributed by atoms with van der Waals surface area (Å²) in [4.78, 5) is 45.2. The molecule has 5 rings (SSSR count). The first-order valence-electron chi connectivity index (χ1n) is 13.9. The normalized spacial score (nSPS) is 33.3. The molecule has 0 aromatic heterocycles. The van der Waals surface area contributed by atoms with Gasteiger partial charge >= 0.3 is 0 Å². The van der Waals surface area contributed by atoms with Crippen molar-refractivity contribution in [2.24, 2.45) is 11.8 Å². The van der Waals surface area contributed by atoms with Crippen molar-refractivity contribution in [1.82, 2.24) is 20.4 Å². The minimum absolute atomic E-state index is 0.235. The SMILES string of the molecule is CC[C@@H](CO)N1C(=O)[C@@H]2[C@H](C(=O)NCc3ccccc3)[C@]3(C)CCC2(O3)C1C(=O)NCCN1CCOCC1. The van der Waals surface area contributed by atoms with Gasteiger partial charge in [0.1, 0.15) is 11.6 Å². The van der Waals surface area contributed by atoms with E-state index >= 15 is 0 Å². The molecule has 2 bridgehead atoms. The zero-order valence-electron chi connectivity index (χ0n) is 22.4. The summed E-state index contributed by atoms with van der Waals surface area (Å²) in [5.74, 6) is -2.27. The number of likely N-dealkylation sites (tertiary alicyclic amines) is 1. The van der Waals surface area contributed by atoms with Gasteiger partial charge in [0.05, 0.1) is 43.3 Å². The molecule has 0 aliphatic carbocycles. The number of carbonyl (C=O) groups is 3. The fourth-order valence-electron chi connectivity index (χ4n) is 7.02. The predicted octanol–water partition coefficient (Wildman–Crippen LogP) is 0.287.